The molecule has 0 spiro atoms. The fourth-order valence-corrected chi connectivity index (χ4v) is 4.15. The Kier molecular flexibility index (Phi) is 4.22. The number of fused-ring (bicyclic) bond motifs is 2. The predicted octanol–water partition coefficient (Wildman–Crippen LogP) is 3.62. The molecule has 1 amide bonds. The molecule has 1 heterocycles. The van der Waals surface area contributed by atoms with Gasteiger partial charge in [0.2, 0.25) is 5.91 Å². The van der Waals surface area contributed by atoms with Crippen LogP contribution in [0.5, 0.6) is 0 Å². The number of aliphatic carboxylic acids is 1. The van der Waals surface area contributed by atoms with E-state index in [0.717, 1.165) is 33.4 Å². The molecule has 2 aromatic carbocycles. The molecule has 3 aromatic rings. The first-order valence-electron chi connectivity index (χ1n) is 9.02. The topological polar surface area (TPSA) is 79.5 Å². The van der Waals surface area contributed by atoms with Crippen LogP contribution in [0.3, 0.4) is 0 Å². The lowest BCUT2D eigenvalue weighted by atomic mass is 9.80. The molecule has 0 saturated carbocycles. The normalized spacial score (nSPS) is 14.9. The Morgan fingerprint density at radius 1 is 1.07 bits per heavy atom. The van der Waals surface area contributed by atoms with Crippen LogP contribution in [0, 0.1) is 12.3 Å². The Balaban J connectivity index is 1.58. The number of para-hydroxylation sites is 1. The molecule has 0 saturated heterocycles. The minimum absolute atomic E-state index is 0.182. The summed E-state index contributed by atoms with van der Waals surface area (Å²) in [5.74, 6) is -0.410. The second kappa shape index (κ2) is 6.58. The van der Waals surface area contributed by atoms with Gasteiger partial charge in [-0.2, -0.15) is 0 Å². The number of carboxylic acids is 1. The number of rotatable bonds is 5. The first-order chi connectivity index (χ1) is 13.0. The van der Waals surface area contributed by atoms with Crippen molar-refractivity contribution in [1.29, 1.82) is 0 Å². The Hall–Kier alpha value is -3.08. The molecule has 5 heteroatoms. The number of nitrogens with one attached hydrogen (secondary N) is 1. The number of carbonyl (C=O) groups is 2. The Labute approximate surface area is 157 Å². The fourth-order valence-electron chi connectivity index (χ4n) is 4.15. The molecule has 0 atom stereocenters. The molecule has 27 heavy (non-hydrogen) atoms. The predicted molar refractivity (Wildman–Crippen MR) is 101 cm³/mol. The molecule has 1 aliphatic carbocycles. The maximum absolute atomic E-state index is 13.1. The molecule has 0 fully saturated rings. The largest absolute Gasteiger partial charge is 0.481 e. The van der Waals surface area contributed by atoms with E-state index in [9.17, 15) is 14.7 Å². The minimum Gasteiger partial charge on any atom is -0.481 e. The highest BCUT2D eigenvalue weighted by Gasteiger charge is 2.45. The SMILES string of the molecule is Cc1oc2ccccc2c1CNC(=O)C1(CC(=O)O)Cc2ccccc2C1. The summed E-state index contributed by atoms with van der Waals surface area (Å²) in [6, 6.07) is 15.5. The number of amides is 1. The average molecular weight is 363 g/mol. The van der Waals surface area contributed by atoms with E-state index in [1.807, 2.05) is 55.5 Å². The average Bonchev–Trinajstić information content (AvgIpc) is 3.16. The first-order valence-corrected chi connectivity index (χ1v) is 9.02. The molecule has 2 N–H and O–H groups in total. The van der Waals surface area contributed by atoms with Gasteiger partial charge in [-0.25, -0.2) is 0 Å². The van der Waals surface area contributed by atoms with Gasteiger partial charge in [0.15, 0.2) is 0 Å². The van der Waals surface area contributed by atoms with Crippen molar-refractivity contribution in [1.82, 2.24) is 5.32 Å². The van der Waals surface area contributed by atoms with Crippen molar-refractivity contribution in [2.45, 2.75) is 32.7 Å². The van der Waals surface area contributed by atoms with Crippen LogP contribution in [-0.2, 0) is 29.0 Å². The fraction of sp³-hybridized carbons (Fsp3) is 0.273. The van der Waals surface area contributed by atoms with Gasteiger partial charge in [0.25, 0.3) is 0 Å². The van der Waals surface area contributed by atoms with E-state index < -0.39 is 11.4 Å². The molecule has 1 aromatic heterocycles. The zero-order valence-corrected chi connectivity index (χ0v) is 15.1. The Morgan fingerprint density at radius 2 is 1.70 bits per heavy atom. The van der Waals surface area contributed by atoms with Crippen LogP contribution in [0.4, 0.5) is 0 Å². The molecule has 5 nitrogen and oxygen atoms in total. The third kappa shape index (κ3) is 3.10. The number of furan rings is 1. The van der Waals surface area contributed by atoms with E-state index in [1.165, 1.54) is 0 Å². The van der Waals surface area contributed by atoms with Crippen molar-refractivity contribution in [2.75, 3.05) is 0 Å². The van der Waals surface area contributed by atoms with Gasteiger partial charge in [0.1, 0.15) is 11.3 Å². The molecular formula is C22H21NO4. The zero-order valence-electron chi connectivity index (χ0n) is 15.1. The highest BCUT2D eigenvalue weighted by atomic mass is 16.4. The standard InChI is InChI=1S/C22H21NO4/c1-14-18(17-8-4-5-9-19(17)27-14)13-23-21(26)22(12-20(24)25)10-15-6-2-3-7-16(15)11-22/h2-9H,10-13H2,1H3,(H,23,26)(H,24,25). The van der Waals surface area contributed by atoms with Gasteiger partial charge < -0.3 is 14.8 Å². The maximum atomic E-state index is 13.1. The van der Waals surface area contributed by atoms with Crippen molar-refractivity contribution in [3.63, 3.8) is 0 Å². The molecule has 0 bridgehead atoms. The van der Waals surface area contributed by atoms with Gasteiger partial charge in [-0.3, -0.25) is 9.59 Å². The lowest BCUT2D eigenvalue weighted by Crippen LogP contribution is -2.43. The third-order valence-electron chi connectivity index (χ3n) is 5.47. The van der Waals surface area contributed by atoms with E-state index in [1.54, 1.807) is 0 Å². The highest BCUT2D eigenvalue weighted by molar-refractivity contribution is 5.89. The van der Waals surface area contributed by atoms with E-state index >= 15 is 0 Å². The second-order valence-electron chi connectivity index (χ2n) is 7.29. The maximum Gasteiger partial charge on any atom is 0.304 e. The van der Waals surface area contributed by atoms with Crippen LogP contribution in [0.25, 0.3) is 11.0 Å². The number of carboxylic acid groups (broad SMARTS) is 1. The smallest absolute Gasteiger partial charge is 0.304 e. The van der Waals surface area contributed by atoms with Gasteiger partial charge in [0, 0.05) is 17.5 Å². The molecule has 0 radical (unpaired) electrons. The summed E-state index contributed by atoms with van der Waals surface area (Å²) in [6.45, 7) is 2.19. The molecule has 1 aliphatic rings. The number of hydrogen-bond donors (Lipinski definition) is 2. The number of benzene rings is 2. The summed E-state index contributed by atoms with van der Waals surface area (Å²) < 4.78 is 5.75. The summed E-state index contributed by atoms with van der Waals surface area (Å²) in [7, 11) is 0. The van der Waals surface area contributed by atoms with Crippen LogP contribution in [0.2, 0.25) is 0 Å². The zero-order chi connectivity index (χ0) is 19.0. The molecule has 0 aliphatic heterocycles. The Morgan fingerprint density at radius 3 is 2.37 bits per heavy atom. The lowest BCUT2D eigenvalue weighted by molar-refractivity contribution is -0.145. The van der Waals surface area contributed by atoms with E-state index in [-0.39, 0.29) is 12.3 Å². The monoisotopic (exact) mass is 363 g/mol. The molecule has 138 valence electrons. The summed E-state index contributed by atoms with van der Waals surface area (Å²) >= 11 is 0. The first kappa shape index (κ1) is 17.3. The van der Waals surface area contributed by atoms with Crippen molar-refractivity contribution < 1.29 is 19.1 Å². The highest BCUT2D eigenvalue weighted by Crippen LogP contribution is 2.40. The van der Waals surface area contributed by atoms with Crippen molar-refractivity contribution >= 4 is 22.8 Å². The van der Waals surface area contributed by atoms with Crippen LogP contribution < -0.4 is 5.32 Å². The van der Waals surface area contributed by atoms with Crippen molar-refractivity contribution in [2.24, 2.45) is 5.41 Å². The molecule has 4 rings (SSSR count). The van der Waals surface area contributed by atoms with Crippen LogP contribution in [-0.4, -0.2) is 17.0 Å². The van der Waals surface area contributed by atoms with Crippen molar-refractivity contribution in [3.05, 3.63) is 71.0 Å². The van der Waals surface area contributed by atoms with E-state index in [2.05, 4.69) is 5.32 Å². The van der Waals surface area contributed by atoms with Crippen LogP contribution in [0.15, 0.2) is 52.9 Å². The van der Waals surface area contributed by atoms with Crippen molar-refractivity contribution in [3.8, 4) is 0 Å². The van der Waals surface area contributed by atoms with Crippen LogP contribution in [0.1, 0.15) is 28.9 Å². The number of aryl methyl sites for hydroxylation is 1. The minimum atomic E-state index is -0.956. The second-order valence-corrected chi connectivity index (χ2v) is 7.29. The quantitative estimate of drug-likeness (QED) is 0.726. The van der Waals surface area contributed by atoms with Gasteiger partial charge >= 0.3 is 5.97 Å². The van der Waals surface area contributed by atoms with Gasteiger partial charge in [-0.1, -0.05) is 42.5 Å². The van der Waals surface area contributed by atoms with Crippen LogP contribution >= 0.6 is 0 Å². The Bertz CT molecular complexity index is 1010. The molecule has 0 unspecified atom stereocenters. The summed E-state index contributed by atoms with van der Waals surface area (Å²) in [5, 5.41) is 13.4. The number of carbonyl (C=O) groups excluding carboxylic acids is 1. The van der Waals surface area contributed by atoms with Gasteiger partial charge in [-0.15, -0.1) is 0 Å². The lowest BCUT2D eigenvalue weighted by Gasteiger charge is -2.26. The number of hydrogen-bond acceptors (Lipinski definition) is 3. The van der Waals surface area contributed by atoms with Gasteiger partial charge in [0.05, 0.1) is 11.8 Å². The summed E-state index contributed by atoms with van der Waals surface area (Å²) in [5.41, 5.74) is 2.88. The van der Waals surface area contributed by atoms with Gasteiger partial charge in [-0.05, 0) is 37.0 Å². The summed E-state index contributed by atoms with van der Waals surface area (Å²) in [4.78, 5) is 24.6. The van der Waals surface area contributed by atoms with E-state index in [4.69, 9.17) is 4.42 Å². The summed E-state index contributed by atoms with van der Waals surface area (Å²) in [6.07, 6.45) is 0.720. The molecular weight excluding hydrogens is 342 g/mol. The third-order valence-corrected chi connectivity index (χ3v) is 5.47. The van der Waals surface area contributed by atoms with E-state index in [0.29, 0.717) is 19.4 Å².